The van der Waals surface area contributed by atoms with Crippen molar-refractivity contribution in [1.82, 2.24) is 4.31 Å². The van der Waals surface area contributed by atoms with Crippen LogP contribution in [0.3, 0.4) is 0 Å². The van der Waals surface area contributed by atoms with Gasteiger partial charge in [0.2, 0.25) is 10.0 Å². The molecular formula is C10H10Br2F3NO2S. The Kier molecular flexibility index (Phi) is 5.44. The standard InChI is InChI=1S/C10H10Br2F3NO2S/c1-16(5-4-10(13,14)15)19(17,18)9-3-2-7(11)6-8(9)12/h2-3,6H,4-5H2,1H3. The first-order valence-electron chi connectivity index (χ1n) is 5.02. The second kappa shape index (κ2) is 6.11. The van der Waals surface area contributed by atoms with Crippen LogP contribution in [0.1, 0.15) is 6.42 Å². The zero-order valence-corrected chi connectivity index (χ0v) is 13.7. The van der Waals surface area contributed by atoms with Crippen LogP contribution in [-0.4, -0.2) is 32.5 Å². The molecule has 0 aliphatic heterocycles. The average Bonchev–Trinajstić information content (AvgIpc) is 2.24. The molecule has 9 heteroatoms. The summed E-state index contributed by atoms with van der Waals surface area (Å²) in [5.41, 5.74) is 0. The summed E-state index contributed by atoms with van der Waals surface area (Å²) in [6.45, 7) is -0.617. The van der Waals surface area contributed by atoms with E-state index in [4.69, 9.17) is 0 Å². The highest BCUT2D eigenvalue weighted by molar-refractivity contribution is 9.11. The van der Waals surface area contributed by atoms with E-state index in [-0.39, 0.29) is 4.90 Å². The summed E-state index contributed by atoms with van der Waals surface area (Å²) in [5.74, 6) is 0. The number of hydrogen-bond donors (Lipinski definition) is 0. The minimum atomic E-state index is -4.39. The minimum Gasteiger partial charge on any atom is -0.207 e. The van der Waals surface area contributed by atoms with E-state index in [9.17, 15) is 21.6 Å². The van der Waals surface area contributed by atoms with E-state index in [1.807, 2.05) is 0 Å². The summed E-state index contributed by atoms with van der Waals surface area (Å²) in [4.78, 5) is -0.0691. The molecule has 3 nitrogen and oxygen atoms in total. The molecule has 1 aromatic carbocycles. The van der Waals surface area contributed by atoms with Crippen LogP contribution in [0, 0.1) is 0 Å². The number of alkyl halides is 3. The second-order valence-electron chi connectivity index (χ2n) is 3.77. The lowest BCUT2D eigenvalue weighted by molar-refractivity contribution is -0.135. The predicted octanol–water partition coefficient (Wildman–Crippen LogP) is 3.78. The lowest BCUT2D eigenvalue weighted by Gasteiger charge is -2.18. The predicted molar refractivity (Wildman–Crippen MR) is 72.3 cm³/mol. The molecule has 0 N–H and O–H groups in total. The number of sulfonamides is 1. The maximum absolute atomic E-state index is 12.1. The van der Waals surface area contributed by atoms with Gasteiger partial charge in [-0.2, -0.15) is 13.2 Å². The Morgan fingerprint density at radius 1 is 1.26 bits per heavy atom. The molecule has 19 heavy (non-hydrogen) atoms. The largest absolute Gasteiger partial charge is 0.390 e. The van der Waals surface area contributed by atoms with Gasteiger partial charge in [-0.1, -0.05) is 15.9 Å². The van der Waals surface area contributed by atoms with Crippen molar-refractivity contribution in [2.24, 2.45) is 0 Å². The van der Waals surface area contributed by atoms with Crippen molar-refractivity contribution in [1.29, 1.82) is 0 Å². The highest BCUT2D eigenvalue weighted by Gasteiger charge is 2.31. The molecule has 0 saturated heterocycles. The fourth-order valence-electron chi connectivity index (χ4n) is 1.26. The molecule has 0 aromatic heterocycles. The van der Waals surface area contributed by atoms with Gasteiger partial charge in [-0.3, -0.25) is 0 Å². The monoisotopic (exact) mass is 423 g/mol. The molecular weight excluding hydrogens is 415 g/mol. The van der Waals surface area contributed by atoms with E-state index in [1.165, 1.54) is 18.2 Å². The number of halogens is 5. The zero-order chi connectivity index (χ0) is 14.8. The zero-order valence-electron chi connectivity index (χ0n) is 9.71. The molecule has 0 aliphatic carbocycles. The quantitative estimate of drug-likeness (QED) is 0.737. The molecule has 1 rings (SSSR count). The first kappa shape index (κ1) is 16.9. The van der Waals surface area contributed by atoms with Crippen LogP contribution in [0.2, 0.25) is 0 Å². The molecule has 0 spiro atoms. The maximum atomic E-state index is 12.1. The summed E-state index contributed by atoms with van der Waals surface area (Å²) in [6.07, 6.45) is -5.57. The molecule has 0 fully saturated rings. The Balaban J connectivity index is 2.97. The molecule has 0 radical (unpaired) electrons. The van der Waals surface area contributed by atoms with Crippen molar-refractivity contribution in [2.75, 3.05) is 13.6 Å². The number of hydrogen-bond acceptors (Lipinski definition) is 2. The summed E-state index contributed by atoms with van der Waals surface area (Å²) >= 11 is 6.25. The van der Waals surface area contributed by atoms with Gasteiger partial charge in [0.05, 0.1) is 11.3 Å². The van der Waals surface area contributed by atoms with E-state index in [0.29, 0.717) is 13.3 Å². The van der Waals surface area contributed by atoms with Gasteiger partial charge in [-0.15, -0.1) is 0 Å². The van der Waals surface area contributed by atoms with Crippen LogP contribution in [0.15, 0.2) is 32.0 Å². The minimum absolute atomic E-state index is 0.0691. The molecule has 0 heterocycles. The van der Waals surface area contributed by atoms with Gasteiger partial charge < -0.3 is 0 Å². The third-order valence-electron chi connectivity index (χ3n) is 2.29. The van der Waals surface area contributed by atoms with Crippen molar-refractivity contribution in [2.45, 2.75) is 17.5 Å². The van der Waals surface area contributed by atoms with E-state index >= 15 is 0 Å². The number of benzene rings is 1. The van der Waals surface area contributed by atoms with Gasteiger partial charge in [-0.25, -0.2) is 12.7 Å². The first-order chi connectivity index (χ1) is 8.54. The summed E-state index contributed by atoms with van der Waals surface area (Å²) < 4.78 is 62.1. The fraction of sp³-hybridized carbons (Fsp3) is 0.400. The van der Waals surface area contributed by atoms with Gasteiger partial charge in [-0.05, 0) is 34.1 Å². The second-order valence-corrected chi connectivity index (χ2v) is 7.55. The third-order valence-corrected chi connectivity index (χ3v) is 5.62. The summed E-state index contributed by atoms with van der Waals surface area (Å²) in [5, 5.41) is 0. The number of nitrogens with zero attached hydrogens (tertiary/aromatic N) is 1. The summed E-state index contributed by atoms with van der Waals surface area (Å²) in [7, 11) is -2.82. The molecule has 1 aromatic rings. The lowest BCUT2D eigenvalue weighted by Crippen LogP contribution is -2.30. The topological polar surface area (TPSA) is 37.4 Å². The Morgan fingerprint density at radius 3 is 2.32 bits per heavy atom. The Bertz CT molecular complexity index is 560. The van der Waals surface area contributed by atoms with E-state index in [2.05, 4.69) is 31.9 Å². The van der Waals surface area contributed by atoms with E-state index < -0.39 is 29.2 Å². The van der Waals surface area contributed by atoms with Gasteiger partial charge in [0.15, 0.2) is 0 Å². The maximum Gasteiger partial charge on any atom is 0.390 e. The molecule has 0 amide bonds. The third kappa shape index (κ3) is 4.73. The molecule has 0 unspecified atom stereocenters. The Labute approximate surface area is 126 Å². The van der Waals surface area contributed by atoms with Crippen molar-refractivity contribution < 1.29 is 21.6 Å². The SMILES string of the molecule is CN(CCC(F)(F)F)S(=O)(=O)c1ccc(Br)cc1Br. The van der Waals surface area contributed by atoms with E-state index in [0.717, 1.165) is 7.05 Å². The van der Waals surface area contributed by atoms with Crippen LogP contribution in [-0.2, 0) is 10.0 Å². The number of rotatable bonds is 4. The van der Waals surface area contributed by atoms with Crippen molar-refractivity contribution in [3.63, 3.8) is 0 Å². The van der Waals surface area contributed by atoms with Gasteiger partial charge >= 0.3 is 6.18 Å². The normalized spacial score (nSPS) is 13.0. The highest BCUT2D eigenvalue weighted by Crippen LogP contribution is 2.28. The molecule has 108 valence electrons. The van der Waals surface area contributed by atoms with Crippen molar-refractivity contribution >= 4 is 41.9 Å². The summed E-state index contributed by atoms with van der Waals surface area (Å²) in [6, 6.07) is 4.35. The smallest absolute Gasteiger partial charge is 0.207 e. The van der Waals surface area contributed by atoms with Crippen LogP contribution in [0.25, 0.3) is 0 Å². The van der Waals surface area contributed by atoms with Crippen LogP contribution in [0.4, 0.5) is 13.2 Å². The van der Waals surface area contributed by atoms with Crippen LogP contribution >= 0.6 is 31.9 Å². The van der Waals surface area contributed by atoms with E-state index in [1.54, 1.807) is 0 Å². The fourth-order valence-corrected chi connectivity index (χ4v) is 4.13. The van der Waals surface area contributed by atoms with Gasteiger partial charge in [0.1, 0.15) is 0 Å². The molecule has 0 bridgehead atoms. The van der Waals surface area contributed by atoms with Crippen molar-refractivity contribution in [3.05, 3.63) is 27.1 Å². The van der Waals surface area contributed by atoms with Gasteiger partial charge in [0.25, 0.3) is 0 Å². The highest BCUT2D eigenvalue weighted by atomic mass is 79.9. The van der Waals surface area contributed by atoms with Crippen LogP contribution < -0.4 is 0 Å². The van der Waals surface area contributed by atoms with Gasteiger partial charge in [0, 0.05) is 22.5 Å². The Morgan fingerprint density at radius 2 is 1.84 bits per heavy atom. The first-order valence-corrected chi connectivity index (χ1v) is 8.05. The van der Waals surface area contributed by atoms with Crippen LogP contribution in [0.5, 0.6) is 0 Å². The Hall–Kier alpha value is -0.120. The molecule has 0 saturated carbocycles. The average molecular weight is 425 g/mol. The molecule has 0 aliphatic rings. The lowest BCUT2D eigenvalue weighted by atomic mass is 10.4. The molecule has 0 atom stereocenters. The van der Waals surface area contributed by atoms with Crippen molar-refractivity contribution in [3.8, 4) is 0 Å².